The Balaban J connectivity index is 1.72. The van der Waals surface area contributed by atoms with Gasteiger partial charge >= 0.3 is 5.03 Å². The highest BCUT2D eigenvalue weighted by Gasteiger charge is 2.33. The molecule has 1 saturated heterocycles. The van der Waals surface area contributed by atoms with Crippen molar-refractivity contribution in [1.29, 1.82) is 0 Å². The summed E-state index contributed by atoms with van der Waals surface area (Å²) in [5, 5.41) is 8.83. The van der Waals surface area contributed by atoms with E-state index >= 15 is 0 Å². The standard InChI is InChI=1S/C20H19N5O4S/c1-28-14-6-8-15(9-7-14)30(26,27)20-19-21-18(24-10-12-29-13-11-24)16-4-2-3-5-17(16)25(19)23-22-20/h2-9H,10-13H2,1H3. The Kier molecular flexibility index (Phi) is 4.61. The zero-order chi connectivity index (χ0) is 20.7. The van der Waals surface area contributed by atoms with Gasteiger partial charge in [-0.3, -0.25) is 0 Å². The minimum absolute atomic E-state index is 0.105. The molecule has 1 unspecified atom stereocenters. The van der Waals surface area contributed by atoms with Crippen LogP contribution in [-0.2, 0) is 19.2 Å². The molecule has 0 aliphatic carbocycles. The molecule has 1 atom stereocenters. The van der Waals surface area contributed by atoms with Crippen LogP contribution in [0, 0.1) is 0 Å². The lowest BCUT2D eigenvalue weighted by Gasteiger charge is -2.28. The normalized spacial score (nSPS) is 16.7. The Morgan fingerprint density at radius 2 is 1.83 bits per heavy atom. The molecular formula is C20H19N5O4S. The van der Waals surface area contributed by atoms with Gasteiger partial charge in [-0.05, 0) is 36.4 Å². The molecule has 154 valence electrons. The van der Waals surface area contributed by atoms with Gasteiger partial charge in [0.25, 0.3) is 0 Å². The van der Waals surface area contributed by atoms with Gasteiger partial charge in [-0.1, -0.05) is 26.7 Å². The number of ether oxygens (including phenoxy) is 2. The van der Waals surface area contributed by atoms with Gasteiger partial charge in [0.1, 0.15) is 21.8 Å². The quantitative estimate of drug-likeness (QED) is 0.458. The molecule has 3 heterocycles. The smallest absolute Gasteiger partial charge is 0.317 e. The molecule has 0 radical (unpaired) electrons. The van der Waals surface area contributed by atoms with Crippen LogP contribution in [0.2, 0.25) is 0 Å². The van der Waals surface area contributed by atoms with E-state index in [1.807, 2.05) is 24.3 Å². The number of hydrogen-bond donors (Lipinski definition) is 0. The van der Waals surface area contributed by atoms with Crippen LogP contribution in [0.15, 0.2) is 58.5 Å². The van der Waals surface area contributed by atoms with Crippen LogP contribution in [0.25, 0.3) is 16.6 Å². The predicted molar refractivity (Wildman–Crippen MR) is 110 cm³/mol. The molecule has 5 rings (SSSR count). The summed E-state index contributed by atoms with van der Waals surface area (Å²) in [7, 11) is -2.39. The Bertz CT molecular complexity index is 1270. The van der Waals surface area contributed by atoms with E-state index in [1.54, 1.807) is 12.1 Å². The van der Waals surface area contributed by atoms with Gasteiger partial charge in [0.2, 0.25) is 5.65 Å². The van der Waals surface area contributed by atoms with E-state index in [0.717, 1.165) is 10.9 Å². The molecular weight excluding hydrogens is 406 g/mol. The van der Waals surface area contributed by atoms with Gasteiger partial charge in [-0.2, -0.15) is 4.52 Å². The van der Waals surface area contributed by atoms with Crippen LogP contribution >= 0.6 is 0 Å². The highest BCUT2D eigenvalue weighted by molar-refractivity contribution is 7.97. The first kappa shape index (κ1) is 18.9. The number of sulfone groups is 1. The Labute approximate surface area is 173 Å². The van der Waals surface area contributed by atoms with Crippen molar-refractivity contribution in [2.75, 3.05) is 38.3 Å². The Hall–Kier alpha value is -3.08. The van der Waals surface area contributed by atoms with E-state index in [1.165, 1.54) is 23.8 Å². The maximum absolute atomic E-state index is 13.3. The van der Waals surface area contributed by atoms with Crippen LogP contribution in [-0.4, -0.2) is 57.8 Å². The lowest BCUT2D eigenvalue weighted by molar-refractivity contribution is 0.122. The minimum atomic E-state index is -3.92. The largest absolute Gasteiger partial charge is 0.604 e. The van der Waals surface area contributed by atoms with Crippen molar-refractivity contribution >= 4 is 32.6 Å². The third kappa shape index (κ3) is 3.00. The van der Waals surface area contributed by atoms with E-state index in [4.69, 9.17) is 14.5 Å². The number of anilines is 1. The number of methoxy groups -OCH3 is 1. The van der Waals surface area contributed by atoms with Crippen LogP contribution < -0.4 is 9.64 Å². The second-order valence-corrected chi connectivity index (χ2v) is 8.73. The van der Waals surface area contributed by atoms with Gasteiger partial charge in [0.15, 0.2) is 4.90 Å². The molecule has 1 fully saturated rings. The Morgan fingerprint density at radius 3 is 2.57 bits per heavy atom. The molecule has 0 spiro atoms. The second kappa shape index (κ2) is 7.31. The van der Waals surface area contributed by atoms with Crippen molar-refractivity contribution in [3.63, 3.8) is 0 Å². The molecule has 0 bridgehead atoms. The average Bonchev–Trinajstić information content (AvgIpc) is 3.24. The highest BCUT2D eigenvalue weighted by atomic mass is 32.3. The number of rotatable bonds is 4. The van der Waals surface area contributed by atoms with Gasteiger partial charge in [-0.25, -0.2) is 4.98 Å². The van der Waals surface area contributed by atoms with E-state index < -0.39 is 10.2 Å². The zero-order valence-electron chi connectivity index (χ0n) is 16.2. The number of morpholine rings is 1. The van der Waals surface area contributed by atoms with Crippen molar-refractivity contribution in [1.82, 2.24) is 19.8 Å². The summed E-state index contributed by atoms with van der Waals surface area (Å²) >= 11 is 0. The number of fused-ring (bicyclic) bond motifs is 3. The fourth-order valence-electron chi connectivity index (χ4n) is 3.59. The van der Waals surface area contributed by atoms with Gasteiger partial charge in [0.05, 0.1) is 25.8 Å². The molecule has 9 nitrogen and oxygen atoms in total. The molecule has 10 heteroatoms. The fourth-order valence-corrected chi connectivity index (χ4v) is 4.82. The number of para-hydroxylation sites is 1. The van der Waals surface area contributed by atoms with Crippen LogP contribution in [0.1, 0.15) is 0 Å². The SMILES string of the molecule is COc1ccc([S+](=O)([O-])c2nnn3c2nc(N2CCOCC2)c2ccccc23)cc1. The lowest BCUT2D eigenvalue weighted by atomic mass is 10.2. The minimum Gasteiger partial charge on any atom is -0.604 e. The average molecular weight is 425 g/mol. The van der Waals surface area contributed by atoms with E-state index in [0.29, 0.717) is 37.9 Å². The van der Waals surface area contributed by atoms with Gasteiger partial charge in [-0.15, -0.1) is 0 Å². The predicted octanol–water partition coefficient (Wildman–Crippen LogP) is 2.17. The van der Waals surface area contributed by atoms with Crippen molar-refractivity contribution in [3.05, 3.63) is 48.5 Å². The topological polar surface area (TPSA) is 105 Å². The van der Waals surface area contributed by atoms with Crippen molar-refractivity contribution in [2.24, 2.45) is 0 Å². The lowest BCUT2D eigenvalue weighted by Crippen LogP contribution is -2.37. The zero-order valence-corrected chi connectivity index (χ0v) is 17.0. The Morgan fingerprint density at radius 1 is 1.10 bits per heavy atom. The molecule has 1 aliphatic rings. The molecule has 30 heavy (non-hydrogen) atoms. The third-order valence-electron chi connectivity index (χ3n) is 5.14. The maximum atomic E-state index is 13.3. The summed E-state index contributed by atoms with van der Waals surface area (Å²) in [4.78, 5) is 6.92. The fraction of sp³-hybridized carbons (Fsp3) is 0.250. The molecule has 4 aromatic rings. The summed E-state index contributed by atoms with van der Waals surface area (Å²) in [5.74, 6) is 1.27. The van der Waals surface area contributed by atoms with E-state index in [-0.39, 0.29) is 15.6 Å². The summed E-state index contributed by atoms with van der Waals surface area (Å²) in [6.07, 6.45) is 0. The first-order chi connectivity index (χ1) is 14.6. The highest BCUT2D eigenvalue weighted by Crippen LogP contribution is 2.32. The molecule has 0 saturated carbocycles. The maximum Gasteiger partial charge on any atom is 0.317 e. The molecule has 2 aromatic heterocycles. The molecule has 1 aliphatic heterocycles. The van der Waals surface area contributed by atoms with Gasteiger partial charge < -0.3 is 18.9 Å². The molecule has 0 amide bonds. The van der Waals surface area contributed by atoms with Crippen molar-refractivity contribution in [3.8, 4) is 5.75 Å². The number of aromatic nitrogens is 4. The van der Waals surface area contributed by atoms with Crippen LogP contribution in [0.5, 0.6) is 5.75 Å². The number of benzene rings is 2. The molecule has 0 N–H and O–H groups in total. The summed E-state index contributed by atoms with van der Waals surface area (Å²) in [5.41, 5.74) is 0.943. The van der Waals surface area contributed by atoms with Gasteiger partial charge in [0, 0.05) is 18.5 Å². The van der Waals surface area contributed by atoms with E-state index in [9.17, 15) is 8.76 Å². The van der Waals surface area contributed by atoms with Crippen molar-refractivity contribution < 1.29 is 18.2 Å². The third-order valence-corrected chi connectivity index (χ3v) is 6.80. The summed E-state index contributed by atoms with van der Waals surface area (Å²) in [6.45, 7) is 2.54. The number of nitrogens with zero attached hydrogens (tertiary/aromatic N) is 5. The first-order valence-electron chi connectivity index (χ1n) is 9.45. The van der Waals surface area contributed by atoms with Crippen LogP contribution in [0.4, 0.5) is 5.82 Å². The van der Waals surface area contributed by atoms with Crippen LogP contribution in [0.3, 0.4) is 0 Å². The summed E-state index contributed by atoms with van der Waals surface area (Å²) in [6, 6.07) is 13.8. The first-order valence-corrected chi connectivity index (χ1v) is 10.9. The number of hydrogen-bond acceptors (Lipinski definition) is 8. The van der Waals surface area contributed by atoms with E-state index in [2.05, 4.69) is 15.2 Å². The summed E-state index contributed by atoms with van der Waals surface area (Å²) < 4.78 is 38.7. The monoisotopic (exact) mass is 425 g/mol. The second-order valence-electron chi connectivity index (χ2n) is 6.86. The molecule has 2 aromatic carbocycles. The van der Waals surface area contributed by atoms with Crippen molar-refractivity contribution in [2.45, 2.75) is 9.92 Å².